The Balaban J connectivity index is 1.65. The molecule has 0 unspecified atom stereocenters. The van der Waals surface area contributed by atoms with E-state index in [1.54, 1.807) is 18.2 Å². The Labute approximate surface area is 209 Å². The quantitative estimate of drug-likeness (QED) is 0.216. The van der Waals surface area contributed by atoms with E-state index < -0.39 is 16.6 Å². The van der Waals surface area contributed by atoms with E-state index in [-0.39, 0.29) is 21.5 Å². The van der Waals surface area contributed by atoms with Gasteiger partial charge in [0.1, 0.15) is 11.6 Å². The van der Waals surface area contributed by atoms with E-state index >= 15 is 0 Å². The molecule has 3 heterocycles. The van der Waals surface area contributed by atoms with Gasteiger partial charge in [0.15, 0.2) is 11.5 Å². The van der Waals surface area contributed by atoms with E-state index in [4.69, 9.17) is 23.2 Å². The van der Waals surface area contributed by atoms with Gasteiger partial charge in [-0.15, -0.1) is 0 Å². The fourth-order valence-corrected chi connectivity index (χ4v) is 4.48. The van der Waals surface area contributed by atoms with Crippen molar-refractivity contribution in [1.82, 2.24) is 19.7 Å². The number of anilines is 1. The fourth-order valence-electron chi connectivity index (χ4n) is 3.28. The molecule has 0 spiro atoms. The summed E-state index contributed by atoms with van der Waals surface area (Å²) in [5.41, 5.74) is 1.29. The second-order valence-electron chi connectivity index (χ2n) is 7.14. The Bertz CT molecular complexity index is 1620. The van der Waals surface area contributed by atoms with Crippen LogP contribution in [-0.2, 0) is 0 Å². The number of hydrogen-bond donors (Lipinski definition) is 1. The summed E-state index contributed by atoms with van der Waals surface area (Å²) in [5.74, 6) is -0.713. The first-order valence-electron chi connectivity index (χ1n) is 9.83. The molecule has 35 heavy (non-hydrogen) atoms. The summed E-state index contributed by atoms with van der Waals surface area (Å²) in [7, 11) is 0. The third-order valence-electron chi connectivity index (χ3n) is 4.90. The molecule has 5 aromatic rings. The second-order valence-corrected chi connectivity index (χ2v) is 9.05. The fraction of sp³-hybridized carbons (Fsp3) is 0. The highest BCUT2D eigenvalue weighted by Crippen LogP contribution is 2.31. The second kappa shape index (κ2) is 9.02. The lowest BCUT2D eigenvalue weighted by atomic mass is 10.2. The predicted molar refractivity (Wildman–Crippen MR) is 131 cm³/mol. The summed E-state index contributed by atoms with van der Waals surface area (Å²) >= 11 is 13.1. The summed E-state index contributed by atoms with van der Waals surface area (Å²) in [5, 5.41) is 19.0. The van der Waals surface area contributed by atoms with Crippen LogP contribution in [-0.4, -0.2) is 30.6 Å². The Kier molecular flexibility index (Phi) is 5.89. The van der Waals surface area contributed by atoms with Gasteiger partial charge in [-0.3, -0.25) is 14.9 Å². The summed E-state index contributed by atoms with van der Waals surface area (Å²) in [6.07, 6.45) is 1.46. The van der Waals surface area contributed by atoms with E-state index in [2.05, 4.69) is 20.4 Å². The minimum Gasteiger partial charge on any atom is -0.305 e. The molecule has 0 saturated heterocycles. The van der Waals surface area contributed by atoms with E-state index in [1.165, 1.54) is 47.3 Å². The lowest BCUT2D eigenvalue weighted by Crippen LogP contribution is -2.12. The first-order chi connectivity index (χ1) is 16.8. The molecule has 0 aliphatic carbocycles. The molecular formula is C22H11Cl2FN6O3S. The minimum absolute atomic E-state index is 0.117. The number of benzene rings is 2. The van der Waals surface area contributed by atoms with Gasteiger partial charge in [-0.25, -0.2) is 19.0 Å². The van der Waals surface area contributed by atoms with Gasteiger partial charge in [0.2, 0.25) is 0 Å². The molecule has 1 amide bonds. The summed E-state index contributed by atoms with van der Waals surface area (Å²) in [6, 6.07) is 13.0. The van der Waals surface area contributed by atoms with Crippen LogP contribution in [0.3, 0.4) is 0 Å². The number of hydrogen-bond acceptors (Lipinski definition) is 7. The SMILES string of the molecule is O=C(Nc1nc(-c2ccc(F)cc2)nc2c1cnn2-c1ccc(Cl)cc1Cl)c1ccc([N+](=O)[O-])s1. The van der Waals surface area contributed by atoms with Gasteiger partial charge in [-0.05, 0) is 48.5 Å². The van der Waals surface area contributed by atoms with Crippen molar-refractivity contribution in [1.29, 1.82) is 0 Å². The van der Waals surface area contributed by atoms with Crippen molar-refractivity contribution in [3.8, 4) is 17.1 Å². The number of nitrogens with zero attached hydrogens (tertiary/aromatic N) is 5. The summed E-state index contributed by atoms with van der Waals surface area (Å²) in [6.45, 7) is 0. The molecule has 0 fully saturated rings. The van der Waals surface area contributed by atoms with Gasteiger partial charge in [-0.2, -0.15) is 5.10 Å². The number of aromatic nitrogens is 4. The molecule has 0 aliphatic heterocycles. The number of thiophene rings is 1. The van der Waals surface area contributed by atoms with Crippen LogP contribution < -0.4 is 5.32 Å². The number of carbonyl (C=O) groups excluding carboxylic acids is 1. The topological polar surface area (TPSA) is 116 Å². The molecule has 174 valence electrons. The maximum atomic E-state index is 13.5. The molecule has 3 aromatic heterocycles. The van der Waals surface area contributed by atoms with Gasteiger partial charge in [-0.1, -0.05) is 34.5 Å². The van der Waals surface area contributed by atoms with Crippen LogP contribution in [0, 0.1) is 15.9 Å². The van der Waals surface area contributed by atoms with Crippen molar-refractivity contribution < 1.29 is 14.1 Å². The number of rotatable bonds is 5. The summed E-state index contributed by atoms with van der Waals surface area (Å²) in [4.78, 5) is 32.4. The Morgan fingerprint density at radius 2 is 1.86 bits per heavy atom. The molecule has 2 aromatic carbocycles. The average molecular weight is 529 g/mol. The molecule has 0 saturated carbocycles. The number of fused-ring (bicyclic) bond motifs is 1. The zero-order valence-electron chi connectivity index (χ0n) is 17.3. The molecule has 0 radical (unpaired) electrons. The van der Waals surface area contributed by atoms with Crippen LogP contribution >= 0.6 is 34.5 Å². The number of nitro groups is 1. The van der Waals surface area contributed by atoms with Crippen LogP contribution in [0.1, 0.15) is 9.67 Å². The van der Waals surface area contributed by atoms with Crippen LogP contribution in [0.2, 0.25) is 10.0 Å². The standard InChI is InChI=1S/C22H11Cl2FN6O3S/c23-12-3-6-16(15(24)9-12)30-21-14(10-26-30)20(27-19(28-21)11-1-4-13(25)5-2-11)29-22(32)17-7-8-18(35-17)31(33)34/h1-10H,(H,27,28,29,32). The smallest absolute Gasteiger partial charge is 0.305 e. The summed E-state index contributed by atoms with van der Waals surface area (Å²) < 4.78 is 14.9. The zero-order chi connectivity index (χ0) is 24.7. The van der Waals surface area contributed by atoms with Gasteiger partial charge in [0, 0.05) is 16.7 Å². The molecule has 5 rings (SSSR count). The number of halogens is 3. The van der Waals surface area contributed by atoms with Crippen molar-refractivity contribution >= 4 is 62.3 Å². The first-order valence-corrected chi connectivity index (χ1v) is 11.4. The largest absolute Gasteiger partial charge is 0.324 e. The number of nitrogens with one attached hydrogen (secondary N) is 1. The lowest BCUT2D eigenvalue weighted by molar-refractivity contribution is -0.380. The Morgan fingerprint density at radius 3 is 2.54 bits per heavy atom. The molecular weight excluding hydrogens is 518 g/mol. The molecule has 0 bridgehead atoms. The average Bonchev–Trinajstić information content (AvgIpc) is 3.48. The van der Waals surface area contributed by atoms with Crippen molar-refractivity contribution in [3.63, 3.8) is 0 Å². The van der Waals surface area contributed by atoms with E-state index in [0.29, 0.717) is 32.3 Å². The van der Waals surface area contributed by atoms with Crippen molar-refractivity contribution in [3.05, 3.63) is 91.6 Å². The number of amides is 1. The maximum Gasteiger partial charge on any atom is 0.324 e. The Morgan fingerprint density at radius 1 is 1.09 bits per heavy atom. The third kappa shape index (κ3) is 4.44. The van der Waals surface area contributed by atoms with E-state index in [1.807, 2.05) is 0 Å². The van der Waals surface area contributed by atoms with E-state index in [0.717, 1.165) is 11.3 Å². The van der Waals surface area contributed by atoms with Gasteiger partial charge < -0.3 is 5.32 Å². The normalized spacial score (nSPS) is 11.1. The molecule has 0 aliphatic rings. The van der Waals surface area contributed by atoms with Gasteiger partial charge >= 0.3 is 5.00 Å². The molecule has 1 N–H and O–H groups in total. The van der Waals surface area contributed by atoms with Gasteiger partial charge in [0.05, 0.1) is 32.1 Å². The monoisotopic (exact) mass is 528 g/mol. The molecule has 9 nitrogen and oxygen atoms in total. The highest BCUT2D eigenvalue weighted by molar-refractivity contribution is 7.17. The van der Waals surface area contributed by atoms with Crippen LogP contribution in [0.5, 0.6) is 0 Å². The molecule has 0 atom stereocenters. The van der Waals surface area contributed by atoms with Crippen molar-refractivity contribution in [2.45, 2.75) is 0 Å². The zero-order valence-corrected chi connectivity index (χ0v) is 19.6. The predicted octanol–water partition coefficient (Wildman–Crippen LogP) is 6.15. The minimum atomic E-state index is -0.592. The first kappa shape index (κ1) is 22.8. The Hall–Kier alpha value is -3.93. The van der Waals surface area contributed by atoms with Crippen molar-refractivity contribution in [2.75, 3.05) is 5.32 Å². The van der Waals surface area contributed by atoms with E-state index in [9.17, 15) is 19.3 Å². The third-order valence-corrected chi connectivity index (χ3v) is 6.47. The molecule has 13 heteroatoms. The highest BCUT2D eigenvalue weighted by Gasteiger charge is 2.21. The van der Waals surface area contributed by atoms with Crippen LogP contribution in [0.4, 0.5) is 15.2 Å². The van der Waals surface area contributed by atoms with Crippen molar-refractivity contribution in [2.24, 2.45) is 0 Å². The van der Waals surface area contributed by atoms with Gasteiger partial charge in [0.25, 0.3) is 5.91 Å². The maximum absolute atomic E-state index is 13.5. The highest BCUT2D eigenvalue weighted by atomic mass is 35.5. The lowest BCUT2D eigenvalue weighted by Gasteiger charge is -2.10. The number of carbonyl (C=O) groups is 1. The van der Waals surface area contributed by atoms with Crippen LogP contribution in [0.25, 0.3) is 28.1 Å². The van der Waals surface area contributed by atoms with Crippen LogP contribution in [0.15, 0.2) is 60.8 Å².